The van der Waals surface area contributed by atoms with E-state index in [0.29, 0.717) is 18.7 Å². The Hall–Kier alpha value is -3.23. The Morgan fingerprint density at radius 3 is 2.49 bits per heavy atom. The number of benzene rings is 2. The number of furan rings is 1. The Balaban J connectivity index is 0.000000261. The van der Waals surface area contributed by atoms with Crippen LogP contribution in [0.2, 0.25) is 0 Å². The molecule has 0 aliphatic carbocycles. The van der Waals surface area contributed by atoms with E-state index in [0.717, 1.165) is 58.4 Å². The third kappa shape index (κ3) is 7.63. The van der Waals surface area contributed by atoms with Gasteiger partial charge >= 0.3 is 0 Å². The molecule has 0 saturated heterocycles. The van der Waals surface area contributed by atoms with Crippen LogP contribution in [0, 0.1) is 13.8 Å². The predicted octanol–water partition coefficient (Wildman–Crippen LogP) is 3.92. The number of hydrogen-bond acceptors (Lipinski definition) is 7. The van der Waals surface area contributed by atoms with E-state index < -0.39 is 0 Å². The third-order valence-corrected chi connectivity index (χ3v) is 6.27. The maximum absolute atomic E-state index is 12.1. The topological polar surface area (TPSA) is 87.9 Å². The average molecular weight is 495 g/mol. The molecule has 35 heavy (non-hydrogen) atoms. The molecule has 0 fully saturated rings. The number of carbonyl (C=O) groups excluding carboxylic acids is 1. The highest BCUT2D eigenvalue weighted by atomic mass is 32.1. The molecule has 3 aromatic rings. The summed E-state index contributed by atoms with van der Waals surface area (Å²) in [6.45, 7) is 7.00. The van der Waals surface area contributed by atoms with E-state index in [1.54, 1.807) is 13.2 Å². The molecule has 1 amide bonds. The zero-order valence-electron chi connectivity index (χ0n) is 20.8. The van der Waals surface area contributed by atoms with Crippen molar-refractivity contribution in [2.75, 3.05) is 33.8 Å². The van der Waals surface area contributed by atoms with Crippen molar-refractivity contribution in [3.05, 3.63) is 82.3 Å². The minimum absolute atomic E-state index is 0.109. The highest BCUT2D eigenvalue weighted by Crippen LogP contribution is 2.23. The Labute approximate surface area is 212 Å². The number of aliphatic imine (C=N–C) groups is 1. The first-order chi connectivity index (χ1) is 16.9. The molecule has 0 spiro atoms. The summed E-state index contributed by atoms with van der Waals surface area (Å²) in [7, 11) is 3.51. The minimum atomic E-state index is -0.109. The van der Waals surface area contributed by atoms with Crippen LogP contribution in [0.15, 0.2) is 63.0 Å². The van der Waals surface area contributed by atoms with Crippen LogP contribution in [0.25, 0.3) is 0 Å². The van der Waals surface area contributed by atoms with Gasteiger partial charge in [-0.15, -0.1) is 12.6 Å². The zero-order valence-corrected chi connectivity index (χ0v) is 21.7. The smallest absolute Gasteiger partial charge is 0.254 e. The molecule has 2 heterocycles. The van der Waals surface area contributed by atoms with Gasteiger partial charge in [0.25, 0.3) is 5.91 Å². The fourth-order valence-electron chi connectivity index (χ4n) is 3.64. The molecule has 0 saturated carbocycles. The standard InChI is InChI=1S/C18H22N4O2.C9H12OS/c1-19-11-16-10-15(12-24-16)18(23)22-7-6-13-2-4-14(5-3-13)17-20-8-9-21-17;1-6-4-8(10-3)5-7(2)9(6)11/h2-5,10,12,19H,6-9,11H2,1H3,(H,20,21)(H,22,23);4-5,11H,1-3H3. The van der Waals surface area contributed by atoms with Gasteiger partial charge < -0.3 is 25.1 Å². The van der Waals surface area contributed by atoms with Crippen molar-refractivity contribution in [2.24, 2.45) is 4.99 Å². The molecule has 3 N–H and O–H groups in total. The lowest BCUT2D eigenvalue weighted by Gasteiger charge is -2.06. The lowest BCUT2D eigenvalue weighted by atomic mass is 10.1. The second kappa shape index (κ2) is 13.0. The lowest BCUT2D eigenvalue weighted by molar-refractivity contribution is 0.0953. The first kappa shape index (κ1) is 26.4. The molecular weight excluding hydrogens is 460 g/mol. The molecule has 0 bridgehead atoms. The van der Waals surface area contributed by atoms with Crippen LogP contribution in [0.5, 0.6) is 5.75 Å². The Morgan fingerprint density at radius 2 is 1.89 bits per heavy atom. The van der Waals surface area contributed by atoms with Crippen LogP contribution >= 0.6 is 12.6 Å². The number of amidine groups is 1. The lowest BCUT2D eigenvalue weighted by Crippen LogP contribution is -2.25. The van der Waals surface area contributed by atoms with Crippen molar-refractivity contribution in [1.82, 2.24) is 16.0 Å². The molecule has 8 heteroatoms. The molecule has 0 radical (unpaired) electrons. The van der Waals surface area contributed by atoms with Crippen LogP contribution in [0.4, 0.5) is 0 Å². The van der Waals surface area contributed by atoms with Crippen molar-refractivity contribution >= 4 is 24.4 Å². The number of rotatable bonds is 8. The van der Waals surface area contributed by atoms with Crippen LogP contribution in [0.1, 0.15) is 38.4 Å². The van der Waals surface area contributed by atoms with Gasteiger partial charge in [-0.2, -0.15) is 0 Å². The minimum Gasteiger partial charge on any atom is -0.497 e. The monoisotopic (exact) mass is 494 g/mol. The Bertz CT molecular complexity index is 1130. The molecule has 186 valence electrons. The van der Waals surface area contributed by atoms with Crippen molar-refractivity contribution in [1.29, 1.82) is 0 Å². The van der Waals surface area contributed by atoms with Gasteiger partial charge in [0.05, 0.1) is 25.8 Å². The molecule has 0 unspecified atom stereocenters. The molecule has 1 aromatic heterocycles. The molecule has 1 aliphatic rings. The Kier molecular flexibility index (Phi) is 9.81. The van der Waals surface area contributed by atoms with E-state index in [2.05, 4.69) is 57.8 Å². The van der Waals surface area contributed by atoms with Gasteiger partial charge in [-0.3, -0.25) is 9.79 Å². The maximum Gasteiger partial charge on any atom is 0.254 e. The summed E-state index contributed by atoms with van der Waals surface area (Å²) < 4.78 is 10.4. The first-order valence-electron chi connectivity index (χ1n) is 11.6. The van der Waals surface area contributed by atoms with Crippen LogP contribution in [0.3, 0.4) is 0 Å². The fourth-order valence-corrected chi connectivity index (χ4v) is 3.77. The summed E-state index contributed by atoms with van der Waals surface area (Å²) >= 11 is 4.34. The number of nitrogens with zero attached hydrogens (tertiary/aromatic N) is 1. The fraction of sp³-hybridized carbons (Fsp3) is 0.333. The number of methoxy groups -OCH3 is 1. The van der Waals surface area contributed by atoms with Crippen molar-refractivity contribution in [3.8, 4) is 5.75 Å². The van der Waals surface area contributed by atoms with E-state index in [4.69, 9.17) is 9.15 Å². The summed E-state index contributed by atoms with van der Waals surface area (Å²) in [4.78, 5) is 17.5. The summed E-state index contributed by atoms with van der Waals surface area (Å²) in [5, 5.41) is 9.16. The highest BCUT2D eigenvalue weighted by molar-refractivity contribution is 7.80. The summed E-state index contributed by atoms with van der Waals surface area (Å²) in [5.41, 5.74) is 5.16. The number of ether oxygens (including phenoxy) is 1. The molecule has 2 aromatic carbocycles. The van der Waals surface area contributed by atoms with Gasteiger partial charge in [0.1, 0.15) is 23.6 Å². The van der Waals surface area contributed by atoms with Gasteiger partial charge in [0.15, 0.2) is 0 Å². The van der Waals surface area contributed by atoms with E-state index in [1.807, 2.05) is 33.0 Å². The number of aryl methyl sites for hydroxylation is 2. The van der Waals surface area contributed by atoms with Gasteiger partial charge in [0, 0.05) is 23.5 Å². The predicted molar refractivity (Wildman–Crippen MR) is 143 cm³/mol. The maximum atomic E-state index is 12.1. The molecule has 4 rings (SSSR count). The van der Waals surface area contributed by atoms with Gasteiger partial charge in [-0.25, -0.2) is 0 Å². The normalized spacial score (nSPS) is 12.3. The number of thiol groups is 1. The third-order valence-electron chi connectivity index (χ3n) is 5.57. The summed E-state index contributed by atoms with van der Waals surface area (Å²) in [6, 6.07) is 14.0. The number of nitrogens with one attached hydrogen (secondary N) is 3. The molecule has 7 nitrogen and oxygen atoms in total. The second-order valence-corrected chi connectivity index (χ2v) is 8.75. The van der Waals surface area contributed by atoms with E-state index >= 15 is 0 Å². The molecule has 1 aliphatic heterocycles. The average Bonchev–Trinajstić information content (AvgIpc) is 3.56. The van der Waals surface area contributed by atoms with Crippen LogP contribution < -0.4 is 20.7 Å². The highest BCUT2D eigenvalue weighted by Gasteiger charge is 2.10. The zero-order chi connectivity index (χ0) is 25.2. The summed E-state index contributed by atoms with van der Waals surface area (Å²) in [5.74, 6) is 2.51. The molecule has 0 atom stereocenters. The van der Waals surface area contributed by atoms with E-state index in [1.165, 1.54) is 11.8 Å². The van der Waals surface area contributed by atoms with E-state index in [-0.39, 0.29) is 5.91 Å². The van der Waals surface area contributed by atoms with E-state index in [9.17, 15) is 4.79 Å². The van der Waals surface area contributed by atoms with Crippen LogP contribution in [-0.2, 0) is 13.0 Å². The number of amides is 1. The quantitative estimate of drug-likeness (QED) is 0.357. The summed E-state index contributed by atoms with van der Waals surface area (Å²) in [6.07, 6.45) is 2.28. The first-order valence-corrected chi connectivity index (χ1v) is 12.1. The van der Waals surface area contributed by atoms with Crippen molar-refractivity contribution < 1.29 is 13.9 Å². The van der Waals surface area contributed by atoms with Gasteiger partial charge in [-0.05, 0) is 62.2 Å². The number of hydrogen-bond donors (Lipinski definition) is 4. The number of carbonyl (C=O) groups is 1. The van der Waals surface area contributed by atoms with Crippen molar-refractivity contribution in [2.45, 2.75) is 31.7 Å². The largest absolute Gasteiger partial charge is 0.497 e. The van der Waals surface area contributed by atoms with Crippen molar-refractivity contribution in [3.63, 3.8) is 0 Å². The Morgan fingerprint density at radius 1 is 1.17 bits per heavy atom. The van der Waals surface area contributed by atoms with Gasteiger partial charge in [0.2, 0.25) is 0 Å². The SMILES string of the molecule is CNCc1cc(C(=O)NCCc2ccc(C3=NCCN3)cc2)co1.COc1cc(C)c(S)c(C)c1. The van der Waals surface area contributed by atoms with Crippen LogP contribution in [-0.4, -0.2) is 45.5 Å². The second-order valence-electron chi connectivity index (χ2n) is 8.30. The molecular formula is C27H34N4O3S. The van der Waals surface area contributed by atoms with Gasteiger partial charge in [-0.1, -0.05) is 24.3 Å².